The van der Waals surface area contributed by atoms with Gasteiger partial charge >= 0.3 is 0 Å². The lowest BCUT2D eigenvalue weighted by Gasteiger charge is -2.03. The Balaban J connectivity index is 2.04. The molecule has 3 rings (SSSR count). The Hall–Kier alpha value is -1.86. The average molecular weight is 275 g/mol. The molecule has 0 saturated heterocycles. The highest BCUT2D eigenvalue weighted by molar-refractivity contribution is 7.71. The molecular weight excluding hydrogens is 266 g/mol. The van der Waals surface area contributed by atoms with E-state index in [1.54, 1.807) is 23.0 Å². The average Bonchev–Trinajstić information content (AvgIpc) is 3.03. The molecule has 0 fully saturated rings. The number of H-pyrrole nitrogens is 1. The number of aromatic amines is 1. The fourth-order valence-electron chi connectivity index (χ4n) is 1.63. The molecule has 3 aromatic heterocycles. The van der Waals surface area contributed by atoms with Crippen molar-refractivity contribution in [3.63, 3.8) is 0 Å². The van der Waals surface area contributed by atoms with Gasteiger partial charge in [-0.25, -0.2) is 4.98 Å². The standard InChI is InChI=1S/C11H9N5S2/c17-11-15-14-10(9-3-1-2-4-12-9)16(11)5-8-6-18-7-13-8/h1-4,6-7H,5H2,(H,15,17). The van der Waals surface area contributed by atoms with Crippen molar-refractivity contribution in [1.82, 2.24) is 24.7 Å². The van der Waals surface area contributed by atoms with Gasteiger partial charge in [-0.3, -0.25) is 14.6 Å². The summed E-state index contributed by atoms with van der Waals surface area (Å²) in [6.07, 6.45) is 1.74. The van der Waals surface area contributed by atoms with Crippen molar-refractivity contribution in [1.29, 1.82) is 0 Å². The van der Waals surface area contributed by atoms with Crippen molar-refractivity contribution >= 4 is 23.6 Å². The van der Waals surface area contributed by atoms with Gasteiger partial charge in [-0.15, -0.1) is 11.3 Å². The topological polar surface area (TPSA) is 59.4 Å². The van der Waals surface area contributed by atoms with Gasteiger partial charge in [0.05, 0.1) is 17.7 Å². The third-order valence-corrected chi connectivity index (χ3v) is 3.40. The number of nitrogens with one attached hydrogen (secondary N) is 1. The second-order valence-electron chi connectivity index (χ2n) is 3.63. The summed E-state index contributed by atoms with van der Waals surface area (Å²) in [4.78, 5) is 8.54. The van der Waals surface area contributed by atoms with Gasteiger partial charge in [-0.1, -0.05) is 6.07 Å². The molecule has 1 N–H and O–H groups in total. The SMILES string of the molecule is S=c1[nH]nc(-c2ccccn2)n1Cc1cscn1. The fourth-order valence-corrected chi connectivity index (χ4v) is 2.38. The molecule has 0 bridgehead atoms. The maximum Gasteiger partial charge on any atom is 0.195 e. The van der Waals surface area contributed by atoms with Gasteiger partial charge in [0.1, 0.15) is 5.69 Å². The van der Waals surface area contributed by atoms with Gasteiger partial charge in [0.15, 0.2) is 10.6 Å². The van der Waals surface area contributed by atoms with Crippen LogP contribution in [0.25, 0.3) is 11.5 Å². The summed E-state index contributed by atoms with van der Waals surface area (Å²) in [5.41, 5.74) is 3.56. The summed E-state index contributed by atoms with van der Waals surface area (Å²) in [6.45, 7) is 0.602. The molecule has 0 radical (unpaired) electrons. The predicted octanol–water partition coefficient (Wildman–Crippen LogP) is 2.51. The predicted molar refractivity (Wildman–Crippen MR) is 71.9 cm³/mol. The zero-order valence-electron chi connectivity index (χ0n) is 9.28. The largest absolute Gasteiger partial charge is 0.293 e. The molecule has 0 unspecified atom stereocenters. The van der Waals surface area contributed by atoms with E-state index in [1.807, 2.05) is 28.1 Å². The molecule has 0 spiro atoms. The second kappa shape index (κ2) is 4.79. The number of rotatable bonds is 3. The molecule has 18 heavy (non-hydrogen) atoms. The van der Waals surface area contributed by atoms with Crippen LogP contribution in [0.15, 0.2) is 35.3 Å². The molecule has 0 aromatic carbocycles. The highest BCUT2D eigenvalue weighted by atomic mass is 32.1. The molecule has 7 heteroatoms. The Morgan fingerprint density at radius 2 is 2.28 bits per heavy atom. The van der Waals surface area contributed by atoms with Crippen molar-refractivity contribution in [3.8, 4) is 11.5 Å². The maximum absolute atomic E-state index is 5.24. The highest BCUT2D eigenvalue weighted by Crippen LogP contribution is 2.15. The summed E-state index contributed by atoms with van der Waals surface area (Å²) in [5.74, 6) is 0.730. The van der Waals surface area contributed by atoms with E-state index in [0.29, 0.717) is 11.3 Å². The van der Waals surface area contributed by atoms with E-state index in [4.69, 9.17) is 12.2 Å². The Bertz CT molecular complexity index is 684. The first-order valence-corrected chi connectivity index (χ1v) is 6.63. The Labute approximate surface area is 112 Å². The van der Waals surface area contributed by atoms with E-state index in [0.717, 1.165) is 17.2 Å². The van der Waals surface area contributed by atoms with Gasteiger partial charge in [0, 0.05) is 11.6 Å². The van der Waals surface area contributed by atoms with Crippen molar-refractivity contribution in [2.45, 2.75) is 6.54 Å². The lowest BCUT2D eigenvalue weighted by atomic mass is 10.3. The number of hydrogen-bond donors (Lipinski definition) is 1. The van der Waals surface area contributed by atoms with Crippen LogP contribution in [-0.2, 0) is 6.54 Å². The molecule has 0 aliphatic carbocycles. The van der Waals surface area contributed by atoms with Crippen LogP contribution in [0.5, 0.6) is 0 Å². The zero-order chi connectivity index (χ0) is 12.4. The summed E-state index contributed by atoms with van der Waals surface area (Å²) in [5, 5.41) is 9.02. The van der Waals surface area contributed by atoms with E-state index in [2.05, 4.69) is 20.2 Å². The van der Waals surface area contributed by atoms with E-state index >= 15 is 0 Å². The quantitative estimate of drug-likeness (QED) is 0.746. The molecule has 3 heterocycles. The van der Waals surface area contributed by atoms with Gasteiger partial charge in [-0.2, -0.15) is 5.10 Å². The van der Waals surface area contributed by atoms with Crippen LogP contribution in [0.4, 0.5) is 0 Å². The van der Waals surface area contributed by atoms with Crippen LogP contribution in [0, 0.1) is 4.77 Å². The second-order valence-corrected chi connectivity index (χ2v) is 4.74. The molecular formula is C11H9N5S2. The summed E-state index contributed by atoms with van der Waals surface area (Å²) < 4.78 is 2.47. The van der Waals surface area contributed by atoms with Gasteiger partial charge < -0.3 is 0 Å². The Kier molecular flexibility index (Phi) is 2.99. The minimum absolute atomic E-state index is 0.573. The van der Waals surface area contributed by atoms with Gasteiger partial charge in [0.25, 0.3) is 0 Å². The molecule has 0 amide bonds. The first-order valence-electron chi connectivity index (χ1n) is 5.28. The maximum atomic E-state index is 5.24. The monoisotopic (exact) mass is 275 g/mol. The van der Waals surface area contributed by atoms with Crippen LogP contribution in [-0.4, -0.2) is 24.7 Å². The number of hydrogen-bond acceptors (Lipinski definition) is 5. The summed E-state index contributed by atoms with van der Waals surface area (Å²) >= 11 is 6.80. The molecule has 90 valence electrons. The van der Waals surface area contributed by atoms with Crippen molar-refractivity contribution in [2.75, 3.05) is 0 Å². The van der Waals surface area contributed by atoms with Gasteiger partial charge in [0.2, 0.25) is 0 Å². The van der Waals surface area contributed by atoms with E-state index in [1.165, 1.54) is 0 Å². The fraction of sp³-hybridized carbons (Fsp3) is 0.0909. The van der Waals surface area contributed by atoms with Crippen LogP contribution in [0.1, 0.15) is 5.69 Å². The number of aromatic nitrogens is 5. The lowest BCUT2D eigenvalue weighted by molar-refractivity contribution is 0.770. The summed E-state index contributed by atoms with van der Waals surface area (Å²) in [6, 6.07) is 5.70. The minimum atomic E-state index is 0.573. The number of thiazole rings is 1. The molecule has 0 aliphatic rings. The smallest absolute Gasteiger partial charge is 0.195 e. The molecule has 0 atom stereocenters. The van der Waals surface area contributed by atoms with Crippen LogP contribution in [0.3, 0.4) is 0 Å². The lowest BCUT2D eigenvalue weighted by Crippen LogP contribution is -2.03. The highest BCUT2D eigenvalue weighted by Gasteiger charge is 2.10. The number of nitrogens with zero attached hydrogens (tertiary/aromatic N) is 4. The normalized spacial score (nSPS) is 10.7. The zero-order valence-corrected chi connectivity index (χ0v) is 10.9. The molecule has 5 nitrogen and oxygen atoms in total. The van der Waals surface area contributed by atoms with E-state index in [9.17, 15) is 0 Å². The third-order valence-electron chi connectivity index (χ3n) is 2.46. The Morgan fingerprint density at radius 3 is 3.00 bits per heavy atom. The molecule has 3 aromatic rings. The number of pyridine rings is 1. The van der Waals surface area contributed by atoms with Crippen LogP contribution >= 0.6 is 23.6 Å². The first-order chi connectivity index (χ1) is 8.84. The van der Waals surface area contributed by atoms with Gasteiger partial charge in [-0.05, 0) is 24.4 Å². The van der Waals surface area contributed by atoms with E-state index in [-0.39, 0.29) is 0 Å². The third kappa shape index (κ3) is 2.09. The van der Waals surface area contributed by atoms with Crippen LogP contribution < -0.4 is 0 Å². The first kappa shape index (κ1) is 11.2. The van der Waals surface area contributed by atoms with Crippen molar-refractivity contribution < 1.29 is 0 Å². The van der Waals surface area contributed by atoms with E-state index < -0.39 is 0 Å². The molecule has 0 aliphatic heterocycles. The Morgan fingerprint density at radius 1 is 1.33 bits per heavy atom. The molecule has 0 saturated carbocycles. The van der Waals surface area contributed by atoms with Crippen molar-refractivity contribution in [2.24, 2.45) is 0 Å². The minimum Gasteiger partial charge on any atom is -0.293 e. The summed E-state index contributed by atoms with van der Waals surface area (Å²) in [7, 11) is 0. The van der Waals surface area contributed by atoms with Crippen molar-refractivity contribution in [3.05, 3.63) is 45.8 Å². The van der Waals surface area contributed by atoms with Crippen LogP contribution in [0.2, 0.25) is 0 Å².